The quantitative estimate of drug-likeness (QED) is 0.729. The molecule has 24 heavy (non-hydrogen) atoms. The molecule has 126 valence electrons. The highest BCUT2D eigenvalue weighted by Crippen LogP contribution is 2.26. The summed E-state index contributed by atoms with van der Waals surface area (Å²) in [5.74, 6) is 3.51. The molecule has 4 rings (SSSR count). The molecular formula is C16H22N8. The summed E-state index contributed by atoms with van der Waals surface area (Å²) in [5.41, 5.74) is 0.961. The molecule has 0 aliphatic carbocycles. The van der Waals surface area contributed by atoms with Gasteiger partial charge in [0.15, 0.2) is 0 Å². The van der Waals surface area contributed by atoms with Crippen molar-refractivity contribution in [3.05, 3.63) is 29.7 Å². The number of aryl methyl sites for hydroxylation is 3. The standard InChI is InChI=1S/C16H22N8/c1-11-8-15(24-16(19-11)17-10-18-24)22-7-5-4-6-14(22)9-23-13(3)20-12(2)21-23/h8,10,14H,4-7,9H2,1-3H3. The van der Waals surface area contributed by atoms with Gasteiger partial charge in [0.25, 0.3) is 5.78 Å². The molecule has 1 aliphatic heterocycles. The highest BCUT2D eigenvalue weighted by molar-refractivity contribution is 5.48. The van der Waals surface area contributed by atoms with E-state index in [2.05, 4.69) is 36.1 Å². The minimum Gasteiger partial charge on any atom is -0.352 e. The van der Waals surface area contributed by atoms with Gasteiger partial charge in [0.1, 0.15) is 23.8 Å². The van der Waals surface area contributed by atoms with Gasteiger partial charge in [0, 0.05) is 18.3 Å². The number of rotatable bonds is 3. The minimum atomic E-state index is 0.368. The van der Waals surface area contributed by atoms with Crippen LogP contribution in [-0.4, -0.2) is 46.9 Å². The third kappa shape index (κ3) is 2.61. The lowest BCUT2D eigenvalue weighted by atomic mass is 10.0. The number of fused-ring (bicyclic) bond motifs is 1. The minimum absolute atomic E-state index is 0.368. The average molecular weight is 326 g/mol. The Morgan fingerprint density at radius 3 is 2.83 bits per heavy atom. The predicted molar refractivity (Wildman–Crippen MR) is 90.0 cm³/mol. The van der Waals surface area contributed by atoms with E-state index in [-0.39, 0.29) is 0 Å². The third-order valence-corrected chi connectivity index (χ3v) is 4.63. The summed E-state index contributed by atoms with van der Waals surface area (Å²) in [6.45, 7) is 7.80. The summed E-state index contributed by atoms with van der Waals surface area (Å²) in [4.78, 5) is 15.6. The molecule has 8 nitrogen and oxygen atoms in total. The van der Waals surface area contributed by atoms with E-state index in [1.54, 1.807) is 6.33 Å². The number of piperidine rings is 1. The molecule has 0 aromatic carbocycles. The number of hydrogen-bond acceptors (Lipinski definition) is 6. The van der Waals surface area contributed by atoms with Crippen molar-refractivity contribution in [3.8, 4) is 0 Å². The van der Waals surface area contributed by atoms with Crippen molar-refractivity contribution < 1.29 is 0 Å². The fourth-order valence-corrected chi connectivity index (χ4v) is 3.54. The van der Waals surface area contributed by atoms with Crippen molar-refractivity contribution >= 4 is 11.6 Å². The van der Waals surface area contributed by atoms with Crippen LogP contribution in [0.1, 0.15) is 36.6 Å². The Hall–Kier alpha value is -2.51. The molecule has 0 saturated carbocycles. The Morgan fingerprint density at radius 1 is 1.17 bits per heavy atom. The summed E-state index contributed by atoms with van der Waals surface area (Å²) >= 11 is 0. The van der Waals surface area contributed by atoms with E-state index in [1.165, 1.54) is 12.8 Å². The molecule has 0 radical (unpaired) electrons. The van der Waals surface area contributed by atoms with Gasteiger partial charge in [-0.05, 0) is 40.0 Å². The molecule has 1 fully saturated rings. The summed E-state index contributed by atoms with van der Waals surface area (Å²) in [6.07, 6.45) is 5.12. The van der Waals surface area contributed by atoms with Crippen LogP contribution in [0.4, 0.5) is 5.82 Å². The highest BCUT2D eigenvalue weighted by atomic mass is 15.4. The van der Waals surface area contributed by atoms with Crippen molar-refractivity contribution in [1.82, 2.24) is 34.3 Å². The maximum Gasteiger partial charge on any atom is 0.254 e. The normalized spacial score (nSPS) is 18.5. The van der Waals surface area contributed by atoms with Crippen LogP contribution >= 0.6 is 0 Å². The van der Waals surface area contributed by atoms with Gasteiger partial charge < -0.3 is 4.90 Å². The van der Waals surface area contributed by atoms with Crippen LogP contribution in [0, 0.1) is 20.8 Å². The zero-order valence-corrected chi connectivity index (χ0v) is 14.3. The van der Waals surface area contributed by atoms with Crippen LogP contribution in [0.5, 0.6) is 0 Å². The monoisotopic (exact) mass is 326 g/mol. The molecule has 0 spiro atoms. The summed E-state index contributed by atoms with van der Waals surface area (Å²) in [6, 6.07) is 2.46. The smallest absolute Gasteiger partial charge is 0.254 e. The number of nitrogens with zero attached hydrogens (tertiary/aromatic N) is 8. The summed E-state index contributed by atoms with van der Waals surface area (Å²) in [7, 11) is 0. The Bertz CT molecular complexity index is 864. The van der Waals surface area contributed by atoms with Crippen molar-refractivity contribution in [2.45, 2.75) is 52.6 Å². The second kappa shape index (κ2) is 5.85. The molecule has 1 unspecified atom stereocenters. The summed E-state index contributed by atoms with van der Waals surface area (Å²) < 4.78 is 3.86. The van der Waals surface area contributed by atoms with Crippen molar-refractivity contribution in [1.29, 1.82) is 0 Å². The van der Waals surface area contributed by atoms with Crippen LogP contribution in [-0.2, 0) is 6.54 Å². The Kier molecular flexibility index (Phi) is 3.66. The fourth-order valence-electron chi connectivity index (χ4n) is 3.54. The van der Waals surface area contributed by atoms with Crippen LogP contribution < -0.4 is 4.90 Å². The van der Waals surface area contributed by atoms with Gasteiger partial charge in [0.2, 0.25) is 0 Å². The van der Waals surface area contributed by atoms with Crippen LogP contribution in [0.15, 0.2) is 12.4 Å². The average Bonchev–Trinajstić information content (AvgIpc) is 3.13. The van der Waals surface area contributed by atoms with Gasteiger partial charge in [-0.3, -0.25) is 0 Å². The molecule has 1 saturated heterocycles. The largest absolute Gasteiger partial charge is 0.352 e. The Labute approximate surface area is 140 Å². The molecule has 4 heterocycles. The molecule has 8 heteroatoms. The van der Waals surface area contributed by atoms with Gasteiger partial charge in [-0.2, -0.15) is 19.7 Å². The van der Waals surface area contributed by atoms with Crippen LogP contribution in [0.25, 0.3) is 5.78 Å². The Balaban J connectivity index is 1.71. The van der Waals surface area contributed by atoms with Gasteiger partial charge in [0.05, 0.1) is 12.6 Å². The maximum absolute atomic E-state index is 4.53. The van der Waals surface area contributed by atoms with E-state index < -0.39 is 0 Å². The maximum atomic E-state index is 4.53. The first-order valence-corrected chi connectivity index (χ1v) is 8.44. The zero-order chi connectivity index (χ0) is 16.7. The first-order chi connectivity index (χ1) is 11.6. The van der Waals surface area contributed by atoms with E-state index in [0.29, 0.717) is 11.8 Å². The lowest BCUT2D eigenvalue weighted by molar-refractivity contribution is 0.390. The van der Waals surface area contributed by atoms with Gasteiger partial charge in [-0.1, -0.05) is 0 Å². The first-order valence-electron chi connectivity index (χ1n) is 8.44. The number of anilines is 1. The molecule has 0 N–H and O–H groups in total. The van der Waals surface area contributed by atoms with Crippen LogP contribution in [0.3, 0.4) is 0 Å². The second-order valence-electron chi connectivity index (χ2n) is 6.46. The van der Waals surface area contributed by atoms with E-state index in [0.717, 1.165) is 42.7 Å². The molecule has 0 amide bonds. The third-order valence-electron chi connectivity index (χ3n) is 4.63. The molecule has 3 aromatic rings. The van der Waals surface area contributed by atoms with Gasteiger partial charge in [-0.25, -0.2) is 14.6 Å². The van der Waals surface area contributed by atoms with Crippen molar-refractivity contribution in [3.63, 3.8) is 0 Å². The SMILES string of the molecule is Cc1cc(N2CCCCC2Cn2nc(C)nc2C)n2ncnc2n1. The lowest BCUT2D eigenvalue weighted by Crippen LogP contribution is -2.43. The molecule has 0 bridgehead atoms. The summed E-state index contributed by atoms with van der Waals surface area (Å²) in [5, 5.41) is 8.90. The first kappa shape index (κ1) is 15.0. The van der Waals surface area contributed by atoms with Crippen molar-refractivity contribution in [2.75, 3.05) is 11.4 Å². The van der Waals surface area contributed by atoms with Crippen LogP contribution in [0.2, 0.25) is 0 Å². The van der Waals surface area contributed by atoms with Gasteiger partial charge >= 0.3 is 0 Å². The van der Waals surface area contributed by atoms with E-state index >= 15 is 0 Å². The lowest BCUT2D eigenvalue weighted by Gasteiger charge is -2.37. The zero-order valence-electron chi connectivity index (χ0n) is 14.3. The molecule has 3 aromatic heterocycles. The van der Waals surface area contributed by atoms with Gasteiger partial charge in [-0.15, -0.1) is 0 Å². The number of aromatic nitrogens is 7. The second-order valence-corrected chi connectivity index (χ2v) is 6.46. The van der Waals surface area contributed by atoms with E-state index in [9.17, 15) is 0 Å². The van der Waals surface area contributed by atoms with E-state index in [4.69, 9.17) is 0 Å². The van der Waals surface area contributed by atoms with Crippen molar-refractivity contribution in [2.24, 2.45) is 0 Å². The van der Waals surface area contributed by atoms with E-state index in [1.807, 2.05) is 30.0 Å². The fraction of sp³-hybridized carbons (Fsp3) is 0.562. The number of hydrogen-bond donors (Lipinski definition) is 0. The Morgan fingerprint density at radius 2 is 2.04 bits per heavy atom. The topological polar surface area (TPSA) is 77.0 Å². The molecule has 1 aliphatic rings. The molecular weight excluding hydrogens is 304 g/mol. The predicted octanol–water partition coefficient (Wildman–Crippen LogP) is 1.70. The molecule has 1 atom stereocenters. The highest BCUT2D eigenvalue weighted by Gasteiger charge is 2.26.